The van der Waals surface area contributed by atoms with Gasteiger partial charge in [-0.15, -0.1) is 0 Å². The topological polar surface area (TPSA) is 80.3 Å². The van der Waals surface area contributed by atoms with Crippen molar-refractivity contribution < 1.29 is 14.3 Å². The zero-order valence-electron chi connectivity index (χ0n) is 18.6. The maximum absolute atomic E-state index is 12.6. The third-order valence-corrected chi connectivity index (χ3v) is 5.18. The van der Waals surface area contributed by atoms with Crippen molar-refractivity contribution in [3.05, 3.63) is 126 Å². The molecule has 2 amide bonds. The average molecular weight is 452 g/mol. The van der Waals surface area contributed by atoms with E-state index in [1.807, 2.05) is 54.6 Å². The Hall–Kier alpha value is -4.45. The third kappa shape index (κ3) is 6.53. The van der Waals surface area contributed by atoms with Crippen LogP contribution in [0, 0.1) is 0 Å². The zero-order valence-corrected chi connectivity index (χ0v) is 18.6. The summed E-state index contributed by atoms with van der Waals surface area (Å²) in [5.74, 6) is 0.337. The highest BCUT2D eigenvalue weighted by atomic mass is 16.5. The molecule has 6 heteroatoms. The second-order valence-electron chi connectivity index (χ2n) is 7.70. The van der Waals surface area contributed by atoms with Gasteiger partial charge in [-0.3, -0.25) is 14.6 Å². The number of amides is 2. The number of nitrogens with one attached hydrogen (secondary N) is 2. The Morgan fingerprint density at radius 3 is 2.32 bits per heavy atom. The summed E-state index contributed by atoms with van der Waals surface area (Å²) < 4.78 is 5.81. The van der Waals surface area contributed by atoms with Gasteiger partial charge in [-0.2, -0.15) is 0 Å². The molecular weight excluding hydrogens is 426 g/mol. The largest absolute Gasteiger partial charge is 0.489 e. The van der Waals surface area contributed by atoms with Gasteiger partial charge in [0.1, 0.15) is 12.4 Å². The summed E-state index contributed by atoms with van der Waals surface area (Å²) in [6.07, 6.45) is 3.80. The fraction of sp³-hybridized carbons (Fsp3) is 0.107. The van der Waals surface area contributed by atoms with E-state index >= 15 is 0 Å². The summed E-state index contributed by atoms with van der Waals surface area (Å²) in [6, 6.07) is 28.1. The van der Waals surface area contributed by atoms with Crippen LogP contribution in [0.2, 0.25) is 0 Å². The molecule has 1 heterocycles. The van der Waals surface area contributed by atoms with E-state index in [1.54, 1.807) is 42.6 Å². The van der Waals surface area contributed by atoms with Crippen molar-refractivity contribution in [2.75, 3.05) is 11.9 Å². The standard InChI is InChI=1S/C28H25N3O3/c32-27(23-8-4-10-25(18-23)31-28(33)24-9-5-16-29-19-24)30-17-15-21-11-13-26(14-12-21)34-20-22-6-2-1-3-7-22/h1-14,16,18-19H,15,17,20H2,(H,30,32)(H,31,33). The molecule has 170 valence electrons. The fourth-order valence-corrected chi connectivity index (χ4v) is 3.35. The number of rotatable bonds is 9. The van der Waals surface area contributed by atoms with Crippen molar-refractivity contribution in [3.63, 3.8) is 0 Å². The Morgan fingerprint density at radius 1 is 0.765 bits per heavy atom. The second kappa shape index (κ2) is 11.4. The first kappa shape index (κ1) is 22.7. The molecule has 34 heavy (non-hydrogen) atoms. The first-order valence-corrected chi connectivity index (χ1v) is 11.0. The number of aromatic nitrogens is 1. The first-order valence-electron chi connectivity index (χ1n) is 11.0. The molecule has 1 aromatic heterocycles. The summed E-state index contributed by atoms with van der Waals surface area (Å²) in [4.78, 5) is 28.8. The highest BCUT2D eigenvalue weighted by Crippen LogP contribution is 2.15. The summed E-state index contributed by atoms with van der Waals surface area (Å²) >= 11 is 0. The van der Waals surface area contributed by atoms with Gasteiger partial charge >= 0.3 is 0 Å². The highest BCUT2D eigenvalue weighted by molar-refractivity contribution is 6.04. The molecule has 4 aromatic rings. The number of carbonyl (C=O) groups is 2. The van der Waals surface area contributed by atoms with E-state index in [0.29, 0.717) is 36.4 Å². The van der Waals surface area contributed by atoms with E-state index in [-0.39, 0.29) is 11.8 Å². The number of ether oxygens (including phenoxy) is 1. The van der Waals surface area contributed by atoms with Crippen molar-refractivity contribution in [2.45, 2.75) is 13.0 Å². The van der Waals surface area contributed by atoms with E-state index in [0.717, 1.165) is 16.9 Å². The molecular formula is C28H25N3O3. The molecule has 0 unspecified atom stereocenters. The maximum Gasteiger partial charge on any atom is 0.257 e. The summed E-state index contributed by atoms with van der Waals surface area (Å²) in [6.45, 7) is 1.02. The summed E-state index contributed by atoms with van der Waals surface area (Å²) in [7, 11) is 0. The number of carbonyl (C=O) groups excluding carboxylic acids is 2. The van der Waals surface area contributed by atoms with Crippen molar-refractivity contribution >= 4 is 17.5 Å². The van der Waals surface area contributed by atoms with Gasteiger partial charge in [0.25, 0.3) is 11.8 Å². The van der Waals surface area contributed by atoms with Crippen LogP contribution in [-0.4, -0.2) is 23.3 Å². The quantitative estimate of drug-likeness (QED) is 0.380. The minimum Gasteiger partial charge on any atom is -0.489 e. The van der Waals surface area contributed by atoms with Crippen LogP contribution in [0.3, 0.4) is 0 Å². The van der Waals surface area contributed by atoms with Crippen LogP contribution in [0.1, 0.15) is 31.8 Å². The molecule has 0 saturated heterocycles. The molecule has 0 atom stereocenters. The minimum absolute atomic E-state index is 0.194. The predicted molar refractivity (Wildman–Crippen MR) is 132 cm³/mol. The molecule has 0 saturated carbocycles. The Balaban J connectivity index is 1.24. The molecule has 0 spiro atoms. The van der Waals surface area contributed by atoms with Gasteiger partial charge in [0.2, 0.25) is 0 Å². The highest BCUT2D eigenvalue weighted by Gasteiger charge is 2.09. The van der Waals surface area contributed by atoms with Crippen LogP contribution in [0.5, 0.6) is 5.75 Å². The van der Waals surface area contributed by atoms with Crippen LogP contribution in [0.25, 0.3) is 0 Å². The molecule has 0 aliphatic heterocycles. The minimum atomic E-state index is -0.276. The van der Waals surface area contributed by atoms with E-state index in [2.05, 4.69) is 15.6 Å². The third-order valence-electron chi connectivity index (χ3n) is 5.18. The van der Waals surface area contributed by atoms with Gasteiger partial charge in [0, 0.05) is 30.2 Å². The smallest absolute Gasteiger partial charge is 0.257 e. The molecule has 6 nitrogen and oxygen atoms in total. The van der Waals surface area contributed by atoms with E-state index in [4.69, 9.17) is 4.74 Å². The number of hydrogen-bond donors (Lipinski definition) is 2. The number of nitrogens with zero attached hydrogens (tertiary/aromatic N) is 1. The molecule has 4 rings (SSSR count). The summed E-state index contributed by atoms with van der Waals surface area (Å²) in [5, 5.41) is 5.72. The van der Waals surface area contributed by atoms with Gasteiger partial charge in [-0.05, 0) is 60.0 Å². The fourth-order valence-electron chi connectivity index (χ4n) is 3.35. The van der Waals surface area contributed by atoms with E-state index < -0.39 is 0 Å². The lowest BCUT2D eigenvalue weighted by Gasteiger charge is -2.09. The molecule has 0 bridgehead atoms. The van der Waals surface area contributed by atoms with Gasteiger partial charge in [-0.1, -0.05) is 48.5 Å². The molecule has 0 aliphatic carbocycles. The van der Waals surface area contributed by atoms with E-state index in [9.17, 15) is 9.59 Å². The zero-order chi connectivity index (χ0) is 23.6. The van der Waals surface area contributed by atoms with Crippen LogP contribution in [-0.2, 0) is 13.0 Å². The predicted octanol–water partition coefficient (Wildman–Crippen LogP) is 4.89. The lowest BCUT2D eigenvalue weighted by molar-refractivity contribution is 0.0952. The lowest BCUT2D eigenvalue weighted by atomic mass is 10.1. The molecule has 2 N–H and O–H groups in total. The number of anilines is 1. The average Bonchev–Trinajstić information content (AvgIpc) is 2.89. The van der Waals surface area contributed by atoms with Crippen molar-refractivity contribution in [1.29, 1.82) is 0 Å². The Morgan fingerprint density at radius 2 is 1.56 bits per heavy atom. The van der Waals surface area contributed by atoms with Gasteiger partial charge in [0.15, 0.2) is 0 Å². The van der Waals surface area contributed by atoms with Crippen LogP contribution in [0.4, 0.5) is 5.69 Å². The first-order chi connectivity index (χ1) is 16.7. The second-order valence-corrected chi connectivity index (χ2v) is 7.70. The number of hydrogen-bond acceptors (Lipinski definition) is 4. The molecule has 0 radical (unpaired) electrons. The Kier molecular flexibility index (Phi) is 7.64. The van der Waals surface area contributed by atoms with Gasteiger partial charge < -0.3 is 15.4 Å². The normalized spacial score (nSPS) is 10.4. The lowest BCUT2D eigenvalue weighted by Crippen LogP contribution is -2.25. The van der Waals surface area contributed by atoms with Gasteiger partial charge in [0.05, 0.1) is 5.56 Å². The van der Waals surface area contributed by atoms with Crippen LogP contribution < -0.4 is 15.4 Å². The van der Waals surface area contributed by atoms with Crippen molar-refractivity contribution in [1.82, 2.24) is 10.3 Å². The SMILES string of the molecule is O=C(NCCc1ccc(OCc2ccccc2)cc1)c1cccc(NC(=O)c2cccnc2)c1. The number of benzene rings is 3. The van der Waals surface area contributed by atoms with Crippen LogP contribution in [0.15, 0.2) is 103 Å². The van der Waals surface area contributed by atoms with Crippen molar-refractivity contribution in [3.8, 4) is 5.75 Å². The molecule has 0 fully saturated rings. The monoisotopic (exact) mass is 451 g/mol. The van der Waals surface area contributed by atoms with Crippen LogP contribution >= 0.6 is 0 Å². The summed E-state index contributed by atoms with van der Waals surface area (Å²) in [5.41, 5.74) is 3.70. The number of pyridine rings is 1. The Bertz CT molecular complexity index is 1230. The Labute approximate surface area is 198 Å². The molecule has 0 aliphatic rings. The van der Waals surface area contributed by atoms with E-state index in [1.165, 1.54) is 6.20 Å². The van der Waals surface area contributed by atoms with Crippen molar-refractivity contribution in [2.24, 2.45) is 0 Å². The van der Waals surface area contributed by atoms with Gasteiger partial charge in [-0.25, -0.2) is 0 Å². The molecule has 3 aromatic carbocycles. The maximum atomic E-state index is 12.6.